The fraction of sp³-hybridized carbons (Fsp3) is 0.310. The first-order chi connectivity index (χ1) is 19.1. The normalized spacial score (nSPS) is 18.4. The molecule has 2 aliphatic rings. The quantitative estimate of drug-likeness (QED) is 0.144. The summed E-state index contributed by atoms with van der Waals surface area (Å²) >= 11 is 0. The Morgan fingerprint density at radius 2 is 1.05 bits per heavy atom. The van der Waals surface area contributed by atoms with Crippen LogP contribution in [0.5, 0.6) is 0 Å². The second-order valence-electron chi connectivity index (χ2n) is 11.5. The van der Waals surface area contributed by atoms with Gasteiger partial charge in [0.25, 0.3) is 17.1 Å². The number of hydrogen-bond donors (Lipinski definition) is 0. The maximum absolute atomic E-state index is 11.5. The minimum atomic E-state index is -1.92. The van der Waals surface area contributed by atoms with Crippen molar-refractivity contribution in [2.24, 2.45) is 5.92 Å². The number of nitrogens with zero attached hydrogens (tertiary/aromatic N) is 3. The van der Waals surface area contributed by atoms with E-state index in [0.717, 1.165) is 53.8 Å². The lowest BCUT2D eigenvalue weighted by Crippen LogP contribution is -2.59. The zero-order valence-electron chi connectivity index (χ0n) is 22.6. The highest BCUT2D eigenvalue weighted by Crippen LogP contribution is 2.71. The van der Waals surface area contributed by atoms with Crippen LogP contribution >= 0.6 is 7.14 Å². The lowest BCUT2D eigenvalue weighted by atomic mass is 9.32. The van der Waals surface area contributed by atoms with Crippen molar-refractivity contribution in [2.45, 2.75) is 32.1 Å². The number of allylic oxidation sites excluding steroid dienone is 1. The molecule has 3 aromatic rings. The molecule has 0 aromatic heterocycles. The van der Waals surface area contributed by atoms with Crippen molar-refractivity contribution in [3.8, 4) is 0 Å². The zero-order valence-corrected chi connectivity index (χ0v) is 23.5. The van der Waals surface area contributed by atoms with E-state index in [0.29, 0.717) is 5.92 Å². The van der Waals surface area contributed by atoms with Crippen LogP contribution in [-0.4, -0.2) is 40.1 Å². The minimum absolute atomic E-state index is 0.000838. The van der Waals surface area contributed by atoms with Gasteiger partial charge in [-0.15, -0.1) is 12.6 Å². The molecule has 0 amide bonds. The molecule has 9 nitrogen and oxygen atoms in total. The van der Waals surface area contributed by atoms with Gasteiger partial charge in [0.2, 0.25) is 5.87 Å². The first kappa shape index (κ1) is 27.7. The van der Waals surface area contributed by atoms with E-state index in [2.05, 4.69) is 13.3 Å². The first-order valence-electron chi connectivity index (χ1n) is 13.5. The van der Waals surface area contributed by atoms with Gasteiger partial charge in [0.1, 0.15) is 0 Å². The van der Waals surface area contributed by atoms with Crippen molar-refractivity contribution in [2.75, 3.05) is 19.5 Å². The summed E-state index contributed by atoms with van der Waals surface area (Å²) in [6.07, 6.45) is 6.57. The fourth-order valence-corrected chi connectivity index (χ4v) is 11.9. The van der Waals surface area contributed by atoms with Crippen LogP contribution in [0.4, 0.5) is 17.1 Å². The van der Waals surface area contributed by atoms with Crippen LogP contribution in [0.3, 0.4) is 0 Å². The predicted octanol–water partition coefficient (Wildman–Crippen LogP) is 6.34. The van der Waals surface area contributed by atoms with Crippen molar-refractivity contribution < 1.29 is 14.8 Å². The SMILES string of the molecule is C[P+]1(C)CC(C2CCCCC2)=C(c2ccc([N+](=O)[O-])cc2)[B-]1(c1ccc([N+](=O)[O-])cc1)c1ccc([N+](=O)[O-])cc1. The second kappa shape index (κ2) is 10.6. The maximum atomic E-state index is 11.5. The van der Waals surface area contributed by atoms with Crippen LogP contribution in [0.2, 0.25) is 0 Å². The lowest BCUT2D eigenvalue weighted by molar-refractivity contribution is -0.385. The number of nitro benzene ring substituents is 3. The molecule has 1 fully saturated rings. The third kappa shape index (κ3) is 4.60. The third-order valence-electron chi connectivity index (χ3n) is 9.05. The Balaban J connectivity index is 1.85. The molecule has 11 heteroatoms. The average Bonchev–Trinajstić information content (AvgIpc) is 3.21. The van der Waals surface area contributed by atoms with Gasteiger partial charge in [-0.3, -0.25) is 30.3 Å². The van der Waals surface area contributed by atoms with E-state index in [1.807, 2.05) is 36.4 Å². The van der Waals surface area contributed by atoms with Crippen LogP contribution in [0.15, 0.2) is 78.4 Å². The van der Waals surface area contributed by atoms with E-state index in [9.17, 15) is 30.3 Å². The van der Waals surface area contributed by atoms with E-state index < -0.39 is 27.8 Å². The number of nitro groups is 3. The second-order valence-corrected chi connectivity index (χ2v) is 16.2. The van der Waals surface area contributed by atoms with Gasteiger partial charge in [0.15, 0.2) is 0 Å². The maximum Gasteiger partial charge on any atom is 0.269 e. The molecule has 5 rings (SSSR count). The molecule has 1 aliphatic heterocycles. The van der Waals surface area contributed by atoms with Crippen molar-refractivity contribution in [3.63, 3.8) is 0 Å². The molecule has 0 spiro atoms. The molecular formula is C29H31BN3O6P. The summed E-state index contributed by atoms with van der Waals surface area (Å²) in [5.41, 5.74) is 5.37. The van der Waals surface area contributed by atoms with Crippen LogP contribution in [0.1, 0.15) is 37.7 Å². The van der Waals surface area contributed by atoms with Crippen LogP contribution < -0.4 is 10.9 Å². The van der Waals surface area contributed by atoms with Crippen LogP contribution in [0.25, 0.3) is 5.47 Å². The molecule has 1 heterocycles. The molecule has 1 saturated carbocycles. The van der Waals surface area contributed by atoms with E-state index in [4.69, 9.17) is 0 Å². The predicted molar refractivity (Wildman–Crippen MR) is 161 cm³/mol. The lowest BCUT2D eigenvalue weighted by Gasteiger charge is -2.45. The largest absolute Gasteiger partial charge is 0.269 e. The van der Waals surface area contributed by atoms with Crippen LogP contribution in [0, 0.1) is 36.3 Å². The highest BCUT2D eigenvalue weighted by molar-refractivity contribution is 8.14. The Morgan fingerprint density at radius 1 is 0.650 bits per heavy atom. The zero-order chi connectivity index (χ0) is 28.7. The summed E-state index contributed by atoms with van der Waals surface area (Å²) in [4.78, 5) is 33.3. The number of hydrogen-bond acceptors (Lipinski definition) is 6. The highest BCUT2D eigenvalue weighted by atomic mass is 31.2. The van der Waals surface area contributed by atoms with Crippen molar-refractivity contribution in [1.82, 2.24) is 0 Å². The van der Waals surface area contributed by atoms with Crippen LogP contribution in [-0.2, 0) is 0 Å². The Hall–Kier alpha value is -3.91. The van der Waals surface area contributed by atoms with E-state index >= 15 is 0 Å². The Labute approximate surface area is 233 Å². The van der Waals surface area contributed by atoms with Gasteiger partial charge < -0.3 is 0 Å². The first-order valence-corrected chi connectivity index (χ1v) is 16.5. The summed E-state index contributed by atoms with van der Waals surface area (Å²) in [7, 11) is -1.92. The average molecular weight is 559 g/mol. The fourth-order valence-electron chi connectivity index (χ4n) is 7.35. The summed E-state index contributed by atoms with van der Waals surface area (Å²) in [5.74, 6) is -1.31. The Bertz CT molecular complexity index is 1440. The molecule has 0 unspecified atom stereocenters. The molecule has 0 atom stereocenters. The molecular weight excluding hydrogens is 528 g/mol. The molecule has 3 aromatic carbocycles. The minimum Gasteiger partial charge on any atom is -0.258 e. The van der Waals surface area contributed by atoms with Crippen molar-refractivity contribution in [3.05, 3.63) is 114 Å². The van der Waals surface area contributed by atoms with Gasteiger partial charge >= 0.3 is 0 Å². The number of benzene rings is 3. The summed E-state index contributed by atoms with van der Waals surface area (Å²) < 4.78 is 0. The van der Waals surface area contributed by atoms with Gasteiger partial charge in [0.05, 0.1) is 14.8 Å². The standard InChI is InChI=1S/C29H31BN3O6P/c1-40(2)20-28(21-6-4-3-5-7-21)29(22-8-14-25(15-9-22)31(34)35)30(40,23-10-16-26(17-11-23)32(36)37)24-12-18-27(19-13-24)33(38)39/h8-19,21H,3-7,20H2,1-2H3. The molecule has 0 radical (unpaired) electrons. The van der Waals surface area contributed by atoms with Gasteiger partial charge in [-0.1, -0.05) is 66.8 Å². The topological polar surface area (TPSA) is 129 Å². The summed E-state index contributed by atoms with van der Waals surface area (Å²) in [5, 5.41) is 34.6. The van der Waals surface area contributed by atoms with Crippen molar-refractivity contribution >= 4 is 46.5 Å². The van der Waals surface area contributed by atoms with Gasteiger partial charge in [0, 0.05) is 55.9 Å². The number of non-ortho nitro benzene ring substituents is 3. The molecule has 1 aliphatic carbocycles. The molecule has 40 heavy (non-hydrogen) atoms. The van der Waals surface area contributed by atoms with E-state index in [1.165, 1.54) is 48.4 Å². The Kier molecular flexibility index (Phi) is 7.31. The smallest absolute Gasteiger partial charge is 0.258 e. The van der Waals surface area contributed by atoms with E-state index in [1.54, 1.807) is 0 Å². The van der Waals surface area contributed by atoms with E-state index in [-0.39, 0.29) is 17.1 Å². The monoisotopic (exact) mass is 559 g/mol. The van der Waals surface area contributed by atoms with Gasteiger partial charge in [-0.25, -0.2) is 0 Å². The molecule has 206 valence electrons. The van der Waals surface area contributed by atoms with Crippen molar-refractivity contribution in [1.29, 1.82) is 0 Å². The Morgan fingerprint density at radius 3 is 1.45 bits per heavy atom. The molecule has 0 N–H and O–H groups in total. The highest BCUT2D eigenvalue weighted by Gasteiger charge is 2.57. The summed E-state index contributed by atoms with van der Waals surface area (Å²) in [6, 6.07) is 20.3. The van der Waals surface area contributed by atoms with Gasteiger partial charge in [-0.05, 0) is 18.8 Å². The molecule has 0 saturated heterocycles. The van der Waals surface area contributed by atoms with Gasteiger partial charge in [-0.2, -0.15) is 10.9 Å². The molecule has 0 bridgehead atoms. The number of rotatable bonds is 7. The third-order valence-corrected chi connectivity index (χ3v) is 13.2. The summed E-state index contributed by atoms with van der Waals surface area (Å²) in [6.45, 7) is 4.63.